The standard InChI is InChI=1S/C19H20F3N3O2/c1-2-3-8-18(23-24-18)9-7-17(26)25-10-11-27-16(13-25)14-5-4-6-15(12-14)19(20,21)22/h1,4-6,12,16H,3,7-11,13H2. The molecule has 144 valence electrons. The lowest BCUT2D eigenvalue weighted by atomic mass is 10.0. The van der Waals surface area contributed by atoms with Gasteiger partial charge in [-0.1, -0.05) is 12.1 Å². The van der Waals surface area contributed by atoms with Gasteiger partial charge in [0.15, 0.2) is 5.66 Å². The van der Waals surface area contributed by atoms with E-state index in [1.54, 1.807) is 11.0 Å². The van der Waals surface area contributed by atoms with Crippen LogP contribution in [0.3, 0.4) is 0 Å². The lowest BCUT2D eigenvalue weighted by Gasteiger charge is -2.33. The molecule has 0 spiro atoms. The Balaban J connectivity index is 1.58. The van der Waals surface area contributed by atoms with Crippen LogP contribution in [-0.2, 0) is 15.7 Å². The summed E-state index contributed by atoms with van der Waals surface area (Å²) in [4.78, 5) is 14.1. The molecule has 0 aromatic heterocycles. The van der Waals surface area contributed by atoms with Crippen molar-refractivity contribution in [1.29, 1.82) is 0 Å². The molecule has 27 heavy (non-hydrogen) atoms. The van der Waals surface area contributed by atoms with Crippen LogP contribution in [0.4, 0.5) is 13.2 Å². The molecule has 1 saturated heterocycles. The molecular weight excluding hydrogens is 359 g/mol. The minimum Gasteiger partial charge on any atom is -0.370 e. The first kappa shape index (κ1) is 19.4. The van der Waals surface area contributed by atoms with Gasteiger partial charge in [-0.15, -0.1) is 12.3 Å². The minimum absolute atomic E-state index is 0.0762. The quantitative estimate of drug-likeness (QED) is 0.703. The van der Waals surface area contributed by atoms with E-state index >= 15 is 0 Å². The van der Waals surface area contributed by atoms with E-state index in [1.807, 2.05) is 0 Å². The van der Waals surface area contributed by atoms with Crippen molar-refractivity contribution in [2.45, 2.75) is 43.6 Å². The van der Waals surface area contributed by atoms with Gasteiger partial charge in [-0.25, -0.2) is 0 Å². The van der Waals surface area contributed by atoms with Gasteiger partial charge in [0.25, 0.3) is 0 Å². The van der Waals surface area contributed by atoms with Crippen LogP contribution in [0.5, 0.6) is 0 Å². The Kier molecular flexibility index (Phi) is 5.51. The first-order chi connectivity index (χ1) is 12.8. The maximum atomic E-state index is 12.9. The van der Waals surface area contributed by atoms with Crippen LogP contribution < -0.4 is 0 Å². The van der Waals surface area contributed by atoms with Crippen LogP contribution in [-0.4, -0.2) is 36.2 Å². The number of rotatable bonds is 6. The zero-order valence-electron chi connectivity index (χ0n) is 14.7. The van der Waals surface area contributed by atoms with E-state index in [-0.39, 0.29) is 25.5 Å². The van der Waals surface area contributed by atoms with E-state index in [0.29, 0.717) is 31.4 Å². The van der Waals surface area contributed by atoms with Crippen LogP contribution in [0.1, 0.15) is 42.9 Å². The van der Waals surface area contributed by atoms with Gasteiger partial charge in [-0.05, 0) is 17.7 Å². The van der Waals surface area contributed by atoms with E-state index < -0.39 is 23.5 Å². The summed E-state index contributed by atoms with van der Waals surface area (Å²) in [6.07, 6.45) is 2.22. The van der Waals surface area contributed by atoms with E-state index in [1.165, 1.54) is 6.07 Å². The minimum atomic E-state index is -4.41. The number of nitrogens with zero attached hydrogens (tertiary/aromatic N) is 3. The fourth-order valence-corrected chi connectivity index (χ4v) is 3.13. The molecule has 2 aliphatic rings. The Hall–Kier alpha value is -2.40. The van der Waals surface area contributed by atoms with Gasteiger partial charge in [0.2, 0.25) is 5.91 Å². The highest BCUT2D eigenvalue weighted by Crippen LogP contribution is 2.38. The van der Waals surface area contributed by atoms with Gasteiger partial charge in [0.1, 0.15) is 6.10 Å². The van der Waals surface area contributed by atoms with Crippen molar-refractivity contribution in [2.75, 3.05) is 19.7 Å². The SMILES string of the molecule is C#CCCC1(CCC(=O)N2CCOC(c3cccc(C(F)(F)F)c3)C2)N=N1. The lowest BCUT2D eigenvalue weighted by Crippen LogP contribution is -2.42. The number of ether oxygens (including phenoxy) is 1. The van der Waals surface area contributed by atoms with Crippen molar-refractivity contribution < 1.29 is 22.7 Å². The van der Waals surface area contributed by atoms with E-state index in [2.05, 4.69) is 16.1 Å². The molecule has 0 bridgehead atoms. The molecule has 2 aliphatic heterocycles. The van der Waals surface area contributed by atoms with Crippen molar-refractivity contribution in [3.8, 4) is 12.3 Å². The smallest absolute Gasteiger partial charge is 0.370 e. The molecule has 8 heteroatoms. The molecule has 3 rings (SSSR count). The van der Waals surface area contributed by atoms with E-state index in [4.69, 9.17) is 11.2 Å². The van der Waals surface area contributed by atoms with Crippen molar-refractivity contribution in [3.05, 3.63) is 35.4 Å². The molecule has 0 aliphatic carbocycles. The fraction of sp³-hybridized carbons (Fsp3) is 0.526. The number of carbonyl (C=O) groups excluding carboxylic acids is 1. The highest BCUT2D eigenvalue weighted by Gasteiger charge is 2.40. The average molecular weight is 379 g/mol. The van der Waals surface area contributed by atoms with Crippen LogP contribution >= 0.6 is 0 Å². The number of carbonyl (C=O) groups is 1. The average Bonchev–Trinajstić information content (AvgIpc) is 3.44. The van der Waals surface area contributed by atoms with Gasteiger partial charge < -0.3 is 9.64 Å². The number of alkyl halides is 3. The third-order valence-electron chi connectivity index (χ3n) is 4.80. The third kappa shape index (κ3) is 4.86. The Bertz CT molecular complexity index is 764. The second-order valence-electron chi connectivity index (χ2n) is 6.71. The molecule has 1 unspecified atom stereocenters. The van der Waals surface area contributed by atoms with Crippen molar-refractivity contribution >= 4 is 5.91 Å². The Morgan fingerprint density at radius 1 is 1.37 bits per heavy atom. The predicted molar refractivity (Wildman–Crippen MR) is 91.6 cm³/mol. The molecule has 2 heterocycles. The predicted octanol–water partition coefficient (Wildman–Crippen LogP) is 3.96. The summed E-state index contributed by atoms with van der Waals surface area (Å²) >= 11 is 0. The highest BCUT2D eigenvalue weighted by atomic mass is 19.4. The zero-order chi connectivity index (χ0) is 19.5. The molecule has 1 aromatic carbocycles. The molecule has 5 nitrogen and oxygen atoms in total. The number of hydrogen-bond acceptors (Lipinski definition) is 4. The summed E-state index contributed by atoms with van der Waals surface area (Å²) in [7, 11) is 0. The summed E-state index contributed by atoms with van der Waals surface area (Å²) in [5.74, 6) is 2.47. The molecule has 1 amide bonds. The lowest BCUT2D eigenvalue weighted by molar-refractivity contribution is -0.140. The van der Waals surface area contributed by atoms with Crippen molar-refractivity contribution in [1.82, 2.24) is 4.90 Å². The number of benzene rings is 1. The van der Waals surface area contributed by atoms with E-state index in [0.717, 1.165) is 12.1 Å². The molecule has 1 fully saturated rings. The topological polar surface area (TPSA) is 54.3 Å². The number of morpholine rings is 1. The maximum Gasteiger partial charge on any atom is 0.416 e. The summed E-state index contributed by atoms with van der Waals surface area (Å²) in [5.41, 5.74) is -0.825. The van der Waals surface area contributed by atoms with Crippen LogP contribution in [0.25, 0.3) is 0 Å². The van der Waals surface area contributed by atoms with Gasteiger partial charge in [-0.3, -0.25) is 4.79 Å². The van der Waals surface area contributed by atoms with Gasteiger partial charge in [-0.2, -0.15) is 23.4 Å². The number of halogens is 3. The fourth-order valence-electron chi connectivity index (χ4n) is 3.13. The maximum absolute atomic E-state index is 12.9. The Labute approximate surface area is 155 Å². The summed E-state index contributed by atoms with van der Waals surface area (Å²) < 4.78 is 44.3. The normalized spacial score (nSPS) is 21.0. The second-order valence-corrected chi connectivity index (χ2v) is 6.71. The largest absolute Gasteiger partial charge is 0.416 e. The van der Waals surface area contributed by atoms with Crippen molar-refractivity contribution in [2.24, 2.45) is 10.2 Å². The first-order valence-corrected chi connectivity index (χ1v) is 8.77. The monoisotopic (exact) mass is 379 g/mol. The highest BCUT2D eigenvalue weighted by molar-refractivity contribution is 5.76. The molecule has 1 aromatic rings. The molecule has 0 saturated carbocycles. The Morgan fingerprint density at radius 2 is 2.15 bits per heavy atom. The molecular formula is C19H20F3N3O2. The van der Waals surface area contributed by atoms with Crippen LogP contribution in [0.2, 0.25) is 0 Å². The number of terminal acetylenes is 1. The van der Waals surface area contributed by atoms with Gasteiger partial charge in [0.05, 0.1) is 18.7 Å². The molecule has 1 atom stereocenters. The molecule has 0 N–H and O–H groups in total. The number of hydrogen-bond donors (Lipinski definition) is 0. The number of amides is 1. The van der Waals surface area contributed by atoms with Crippen molar-refractivity contribution in [3.63, 3.8) is 0 Å². The van der Waals surface area contributed by atoms with Gasteiger partial charge >= 0.3 is 6.18 Å². The summed E-state index contributed by atoms with van der Waals surface area (Å²) in [5, 5.41) is 8.02. The summed E-state index contributed by atoms with van der Waals surface area (Å²) in [6.45, 7) is 0.926. The van der Waals surface area contributed by atoms with Crippen LogP contribution in [0, 0.1) is 12.3 Å². The van der Waals surface area contributed by atoms with E-state index in [9.17, 15) is 18.0 Å². The first-order valence-electron chi connectivity index (χ1n) is 8.77. The van der Waals surface area contributed by atoms with Crippen LogP contribution in [0.15, 0.2) is 34.5 Å². The zero-order valence-corrected chi connectivity index (χ0v) is 14.7. The molecule has 0 radical (unpaired) electrons. The second kappa shape index (κ2) is 7.69. The third-order valence-corrected chi connectivity index (χ3v) is 4.80. The Morgan fingerprint density at radius 3 is 2.81 bits per heavy atom. The summed E-state index contributed by atoms with van der Waals surface area (Å²) in [6, 6.07) is 5.04. The van der Waals surface area contributed by atoms with Gasteiger partial charge in [0, 0.05) is 32.2 Å².